The molecule has 5 aromatic carbocycles. The number of halogens is 2. The molecule has 194 valence electrons. The van der Waals surface area contributed by atoms with E-state index in [-0.39, 0.29) is 11.6 Å². The van der Waals surface area contributed by atoms with E-state index < -0.39 is 0 Å². The monoisotopic (exact) mass is 514 g/mol. The Bertz CT molecular complexity index is 1510. The van der Waals surface area contributed by atoms with Gasteiger partial charge in [0.2, 0.25) is 0 Å². The van der Waals surface area contributed by atoms with Gasteiger partial charge in [-0.3, -0.25) is 0 Å². The van der Waals surface area contributed by atoms with Crippen molar-refractivity contribution in [3.63, 3.8) is 0 Å². The molecule has 0 amide bonds. The van der Waals surface area contributed by atoms with Crippen molar-refractivity contribution in [3.8, 4) is 11.1 Å². The maximum atomic E-state index is 15.0. The van der Waals surface area contributed by atoms with Crippen molar-refractivity contribution >= 4 is 12.2 Å². The van der Waals surface area contributed by atoms with Crippen molar-refractivity contribution < 1.29 is 8.78 Å². The van der Waals surface area contributed by atoms with Gasteiger partial charge in [0.15, 0.2) is 0 Å². The molecule has 0 aliphatic heterocycles. The summed E-state index contributed by atoms with van der Waals surface area (Å²) in [5.74, 6) is -0.000829. The van der Waals surface area contributed by atoms with Crippen molar-refractivity contribution in [2.24, 2.45) is 0 Å². The van der Waals surface area contributed by atoms with Crippen LogP contribution in [0.2, 0.25) is 0 Å². The van der Waals surface area contributed by atoms with Gasteiger partial charge in [-0.1, -0.05) is 122 Å². The highest BCUT2D eigenvalue weighted by molar-refractivity contribution is 5.72. The quantitative estimate of drug-likeness (QED) is 0.172. The number of benzene rings is 5. The Balaban J connectivity index is 1.18. The third kappa shape index (κ3) is 7.18. The molecule has 39 heavy (non-hydrogen) atoms. The zero-order valence-corrected chi connectivity index (χ0v) is 22.2. The highest BCUT2D eigenvalue weighted by Crippen LogP contribution is 2.26. The Kier molecular flexibility index (Phi) is 8.43. The topological polar surface area (TPSA) is 0 Å². The summed E-state index contributed by atoms with van der Waals surface area (Å²) in [7, 11) is 0. The molecule has 0 N–H and O–H groups in total. The van der Waals surface area contributed by atoms with Gasteiger partial charge < -0.3 is 0 Å². The molecule has 0 nitrogen and oxygen atoms in total. The van der Waals surface area contributed by atoms with E-state index >= 15 is 0 Å². The summed E-state index contributed by atoms with van der Waals surface area (Å²) in [5.41, 5.74) is 8.41. The first-order valence-corrected chi connectivity index (χ1v) is 13.5. The average Bonchev–Trinajstić information content (AvgIpc) is 2.97. The van der Waals surface area contributed by atoms with Crippen LogP contribution in [0.25, 0.3) is 23.3 Å². The molecule has 0 aliphatic rings. The van der Waals surface area contributed by atoms with Crippen LogP contribution < -0.4 is 0 Å². The normalized spacial score (nSPS) is 12.1. The van der Waals surface area contributed by atoms with Crippen LogP contribution in [0.5, 0.6) is 0 Å². The van der Waals surface area contributed by atoms with E-state index in [2.05, 4.69) is 67.6 Å². The van der Waals surface area contributed by atoms with Crippen molar-refractivity contribution in [3.05, 3.63) is 166 Å². The lowest BCUT2D eigenvalue weighted by atomic mass is 9.93. The Morgan fingerprint density at radius 2 is 1.18 bits per heavy atom. The lowest BCUT2D eigenvalue weighted by molar-refractivity contribution is 0.625. The van der Waals surface area contributed by atoms with Crippen LogP contribution in [0.1, 0.15) is 46.2 Å². The van der Waals surface area contributed by atoms with Crippen LogP contribution in [-0.4, -0.2) is 0 Å². The summed E-state index contributed by atoms with van der Waals surface area (Å²) < 4.78 is 28.0. The molecule has 0 fully saturated rings. The van der Waals surface area contributed by atoms with E-state index in [1.165, 1.54) is 28.8 Å². The molecule has 0 saturated heterocycles. The smallest absolute Gasteiger partial charge is 0.131 e. The van der Waals surface area contributed by atoms with E-state index in [4.69, 9.17) is 0 Å². The maximum Gasteiger partial charge on any atom is 0.131 e. The first-order chi connectivity index (χ1) is 19.0. The fraction of sp³-hybridized carbons (Fsp3) is 0.135. The molecule has 5 rings (SSSR count). The molecule has 0 heterocycles. The fourth-order valence-corrected chi connectivity index (χ4v) is 4.85. The van der Waals surface area contributed by atoms with Gasteiger partial charge in [-0.15, -0.1) is 0 Å². The van der Waals surface area contributed by atoms with Crippen LogP contribution in [0.4, 0.5) is 8.78 Å². The van der Waals surface area contributed by atoms with Crippen molar-refractivity contribution in [2.75, 3.05) is 0 Å². The molecule has 5 aromatic rings. The second kappa shape index (κ2) is 12.5. The molecule has 0 spiro atoms. The lowest BCUT2D eigenvalue weighted by Crippen LogP contribution is -1.98. The standard InChI is InChI=1S/C37H32F2/c1-27(32-5-3-2-4-6-32)25-31-14-18-33(19-15-31)35-22-21-34(37(39)26-35)20-13-29-10-7-28(8-11-29)9-12-30-16-23-36(38)24-17-30/h2-8,10-11,13-24,26-27H,9,12,25H2,1H3/t27-/m0/s1. The minimum atomic E-state index is -0.235. The van der Waals surface area contributed by atoms with Crippen LogP contribution in [0.15, 0.2) is 121 Å². The van der Waals surface area contributed by atoms with Crippen LogP contribution in [0.3, 0.4) is 0 Å². The Morgan fingerprint density at radius 3 is 1.82 bits per heavy atom. The third-order valence-electron chi connectivity index (χ3n) is 7.25. The molecule has 0 radical (unpaired) electrons. The molecule has 2 heteroatoms. The number of hydrogen-bond donors (Lipinski definition) is 0. The van der Waals surface area contributed by atoms with Gasteiger partial charge in [-0.25, -0.2) is 8.78 Å². The lowest BCUT2D eigenvalue weighted by Gasteiger charge is -2.12. The third-order valence-corrected chi connectivity index (χ3v) is 7.25. The van der Waals surface area contributed by atoms with Crippen LogP contribution >= 0.6 is 0 Å². The minimum Gasteiger partial charge on any atom is -0.207 e. The molecule has 0 saturated carbocycles. The van der Waals surface area contributed by atoms with Crippen molar-refractivity contribution in [1.29, 1.82) is 0 Å². The zero-order valence-electron chi connectivity index (χ0n) is 22.2. The average molecular weight is 515 g/mol. The largest absolute Gasteiger partial charge is 0.207 e. The van der Waals surface area contributed by atoms with Crippen molar-refractivity contribution in [1.82, 2.24) is 0 Å². The zero-order chi connectivity index (χ0) is 27.0. The predicted molar refractivity (Wildman–Crippen MR) is 160 cm³/mol. The summed E-state index contributed by atoms with van der Waals surface area (Å²) in [6, 6.07) is 39.3. The SMILES string of the molecule is C[C@@H](Cc1ccc(-c2ccc(C=Cc3ccc(CCc4ccc(F)cc4)cc3)c(F)c2)cc1)c1ccccc1. The highest BCUT2D eigenvalue weighted by atomic mass is 19.1. The Labute approximate surface area is 230 Å². The van der Waals surface area contributed by atoms with Gasteiger partial charge in [0, 0.05) is 5.56 Å². The predicted octanol–water partition coefficient (Wildman–Crippen LogP) is 9.93. The molecule has 1 atom stereocenters. The van der Waals surface area contributed by atoms with Crippen molar-refractivity contribution in [2.45, 2.75) is 32.1 Å². The second-order valence-corrected chi connectivity index (χ2v) is 10.2. The summed E-state index contributed by atoms with van der Waals surface area (Å²) in [6.45, 7) is 2.25. The van der Waals surface area contributed by atoms with Gasteiger partial charge in [0.1, 0.15) is 11.6 Å². The summed E-state index contributed by atoms with van der Waals surface area (Å²) >= 11 is 0. The van der Waals surface area contributed by atoms with E-state index in [1.807, 2.05) is 54.6 Å². The first-order valence-electron chi connectivity index (χ1n) is 13.5. The summed E-state index contributed by atoms with van der Waals surface area (Å²) in [4.78, 5) is 0. The van der Waals surface area contributed by atoms with E-state index in [9.17, 15) is 8.78 Å². The number of aryl methyl sites for hydroxylation is 2. The van der Waals surface area contributed by atoms with E-state index in [0.717, 1.165) is 41.5 Å². The number of rotatable bonds is 9. The fourth-order valence-electron chi connectivity index (χ4n) is 4.85. The molecular weight excluding hydrogens is 482 g/mol. The van der Waals surface area contributed by atoms with Crippen LogP contribution in [0, 0.1) is 11.6 Å². The molecule has 0 unspecified atom stereocenters. The molecule has 0 aliphatic carbocycles. The Hall–Kier alpha value is -4.30. The Morgan fingerprint density at radius 1 is 0.590 bits per heavy atom. The molecule has 0 aromatic heterocycles. The van der Waals surface area contributed by atoms with E-state index in [0.29, 0.717) is 11.5 Å². The highest BCUT2D eigenvalue weighted by Gasteiger charge is 2.08. The minimum absolute atomic E-state index is 0.209. The van der Waals surface area contributed by atoms with Gasteiger partial charge in [-0.2, -0.15) is 0 Å². The first kappa shape index (κ1) is 26.3. The maximum absolute atomic E-state index is 15.0. The van der Waals surface area contributed by atoms with Gasteiger partial charge in [0.05, 0.1) is 0 Å². The number of hydrogen-bond acceptors (Lipinski definition) is 0. The summed E-state index contributed by atoms with van der Waals surface area (Å²) in [5, 5.41) is 0. The van der Waals surface area contributed by atoms with Gasteiger partial charge >= 0.3 is 0 Å². The second-order valence-electron chi connectivity index (χ2n) is 10.2. The molecular formula is C37H32F2. The van der Waals surface area contributed by atoms with Gasteiger partial charge in [0.25, 0.3) is 0 Å². The van der Waals surface area contributed by atoms with Crippen LogP contribution in [-0.2, 0) is 19.3 Å². The summed E-state index contributed by atoms with van der Waals surface area (Å²) in [6.07, 6.45) is 6.48. The van der Waals surface area contributed by atoms with Gasteiger partial charge in [-0.05, 0) is 82.3 Å². The van der Waals surface area contributed by atoms with E-state index in [1.54, 1.807) is 6.07 Å². The molecule has 0 bridgehead atoms.